The van der Waals surface area contributed by atoms with Crippen LogP contribution in [0.3, 0.4) is 0 Å². The minimum absolute atomic E-state index is 0.0625. The number of nitrogens with one attached hydrogen (secondary N) is 2. The molecule has 4 rings (SSSR count). The molecule has 1 aromatic heterocycles. The minimum atomic E-state index is -3.69. The van der Waals surface area contributed by atoms with Gasteiger partial charge in [-0.25, -0.2) is 8.42 Å². The smallest absolute Gasteiger partial charge is 0.255 e. The first-order chi connectivity index (χ1) is 15.3. The van der Waals surface area contributed by atoms with E-state index in [1.54, 1.807) is 17.2 Å². The van der Waals surface area contributed by atoms with Crippen molar-refractivity contribution in [3.63, 3.8) is 0 Å². The largest absolute Gasteiger partial charge is 0.340 e. The first-order valence-corrected chi connectivity index (χ1v) is 11.6. The number of nitrogens with zero attached hydrogens (tertiary/aromatic N) is 3. The van der Waals surface area contributed by atoms with Crippen LogP contribution >= 0.6 is 0 Å². The molecule has 0 unspecified atom stereocenters. The molecule has 0 atom stereocenters. The summed E-state index contributed by atoms with van der Waals surface area (Å²) in [4.78, 5) is 25.8. The molecule has 0 aliphatic carbocycles. The molecule has 3 aromatic rings. The van der Waals surface area contributed by atoms with Crippen molar-refractivity contribution in [3.05, 3.63) is 66.4 Å². The highest BCUT2D eigenvalue weighted by Gasteiger charge is 2.29. The molecule has 1 saturated heterocycles. The van der Waals surface area contributed by atoms with Gasteiger partial charge in [0.15, 0.2) is 0 Å². The van der Waals surface area contributed by atoms with Crippen LogP contribution in [0.5, 0.6) is 0 Å². The van der Waals surface area contributed by atoms with Crippen molar-refractivity contribution >= 4 is 27.5 Å². The molecule has 1 fully saturated rings. The van der Waals surface area contributed by atoms with Gasteiger partial charge in [-0.05, 0) is 42.5 Å². The van der Waals surface area contributed by atoms with Crippen molar-refractivity contribution < 1.29 is 18.0 Å². The Morgan fingerprint density at radius 1 is 1.00 bits per heavy atom. The van der Waals surface area contributed by atoms with Crippen LogP contribution in [-0.4, -0.2) is 65.8 Å². The number of H-pyrrole nitrogens is 1. The lowest BCUT2D eigenvalue weighted by Gasteiger charge is -2.33. The summed E-state index contributed by atoms with van der Waals surface area (Å²) in [6.45, 7) is 2.70. The van der Waals surface area contributed by atoms with E-state index < -0.39 is 10.0 Å². The summed E-state index contributed by atoms with van der Waals surface area (Å²) in [6.07, 6.45) is 1.65. The van der Waals surface area contributed by atoms with Crippen molar-refractivity contribution in [1.82, 2.24) is 19.4 Å². The number of carbonyl (C=O) groups excluding carboxylic acids is 2. The van der Waals surface area contributed by atoms with Gasteiger partial charge in [-0.2, -0.15) is 9.40 Å². The van der Waals surface area contributed by atoms with Crippen LogP contribution in [0.4, 0.5) is 5.69 Å². The Labute approximate surface area is 186 Å². The number of hydrogen-bond acceptors (Lipinski definition) is 5. The highest BCUT2D eigenvalue weighted by molar-refractivity contribution is 7.89. The average Bonchev–Trinajstić information content (AvgIpc) is 3.34. The van der Waals surface area contributed by atoms with Crippen molar-refractivity contribution in [3.8, 4) is 11.3 Å². The summed E-state index contributed by atoms with van der Waals surface area (Å²) in [6, 6.07) is 15.0. The molecule has 32 heavy (non-hydrogen) atoms. The highest BCUT2D eigenvalue weighted by Crippen LogP contribution is 2.22. The third-order valence-electron chi connectivity index (χ3n) is 5.37. The van der Waals surface area contributed by atoms with Gasteiger partial charge in [0.25, 0.3) is 5.91 Å². The first-order valence-electron chi connectivity index (χ1n) is 10.1. The van der Waals surface area contributed by atoms with Gasteiger partial charge in [-0.3, -0.25) is 14.7 Å². The zero-order chi connectivity index (χ0) is 22.7. The molecule has 10 heteroatoms. The molecular weight excluding hydrogens is 430 g/mol. The van der Waals surface area contributed by atoms with E-state index in [0.717, 1.165) is 11.3 Å². The molecule has 0 saturated carbocycles. The zero-order valence-electron chi connectivity index (χ0n) is 17.5. The molecule has 2 heterocycles. The topological polar surface area (TPSA) is 115 Å². The van der Waals surface area contributed by atoms with Crippen LogP contribution in [0.25, 0.3) is 11.3 Å². The Morgan fingerprint density at radius 3 is 2.34 bits per heavy atom. The van der Waals surface area contributed by atoms with E-state index in [1.165, 1.54) is 35.5 Å². The van der Waals surface area contributed by atoms with Crippen molar-refractivity contribution in [2.24, 2.45) is 0 Å². The van der Waals surface area contributed by atoms with Gasteiger partial charge in [-0.1, -0.05) is 12.1 Å². The van der Waals surface area contributed by atoms with Crippen LogP contribution in [0.1, 0.15) is 17.3 Å². The zero-order valence-corrected chi connectivity index (χ0v) is 18.3. The van der Waals surface area contributed by atoms with E-state index in [0.29, 0.717) is 24.3 Å². The van der Waals surface area contributed by atoms with Crippen LogP contribution in [-0.2, 0) is 14.8 Å². The molecule has 166 valence electrons. The minimum Gasteiger partial charge on any atom is -0.340 e. The van der Waals surface area contributed by atoms with Crippen LogP contribution < -0.4 is 5.32 Å². The van der Waals surface area contributed by atoms with E-state index in [-0.39, 0.29) is 29.8 Å². The fourth-order valence-electron chi connectivity index (χ4n) is 3.56. The van der Waals surface area contributed by atoms with Crippen molar-refractivity contribution in [1.29, 1.82) is 0 Å². The standard InChI is InChI=1S/C22H23N5O4S/c1-16(28)26-11-13-27(14-12-26)32(30,31)20-7-5-17(6-8-20)22(29)24-19-4-2-3-18(15-19)21-9-10-23-25-21/h2-10,15H,11-14H2,1H3,(H,23,25)(H,24,29). The Bertz CT molecular complexity index is 1220. The van der Waals surface area contributed by atoms with Gasteiger partial charge in [0.05, 0.1) is 10.6 Å². The number of sulfonamides is 1. The summed E-state index contributed by atoms with van der Waals surface area (Å²) in [5, 5.41) is 9.63. The lowest BCUT2D eigenvalue weighted by Crippen LogP contribution is -2.49. The van der Waals surface area contributed by atoms with Gasteiger partial charge in [-0.15, -0.1) is 0 Å². The Morgan fingerprint density at radius 2 is 1.72 bits per heavy atom. The lowest BCUT2D eigenvalue weighted by atomic mass is 10.1. The van der Waals surface area contributed by atoms with Crippen LogP contribution in [0, 0.1) is 0 Å². The summed E-state index contributed by atoms with van der Waals surface area (Å²) in [5.74, 6) is -0.404. The number of anilines is 1. The second-order valence-electron chi connectivity index (χ2n) is 7.44. The van der Waals surface area contributed by atoms with E-state index in [4.69, 9.17) is 0 Å². The van der Waals surface area contributed by atoms with E-state index in [9.17, 15) is 18.0 Å². The Kier molecular flexibility index (Phi) is 6.06. The predicted molar refractivity (Wildman–Crippen MR) is 119 cm³/mol. The summed E-state index contributed by atoms with van der Waals surface area (Å²) in [7, 11) is -3.69. The quantitative estimate of drug-likeness (QED) is 0.614. The van der Waals surface area contributed by atoms with Gasteiger partial charge < -0.3 is 10.2 Å². The normalized spacial score (nSPS) is 14.8. The molecule has 0 radical (unpaired) electrons. The van der Waals surface area contributed by atoms with E-state index in [1.807, 2.05) is 24.3 Å². The number of rotatable bonds is 5. The second kappa shape index (κ2) is 8.93. The van der Waals surface area contributed by atoms with Crippen molar-refractivity contribution in [2.45, 2.75) is 11.8 Å². The number of piperazine rings is 1. The maximum atomic E-state index is 12.9. The van der Waals surface area contributed by atoms with Crippen LogP contribution in [0.2, 0.25) is 0 Å². The molecular formula is C22H23N5O4S. The van der Waals surface area contributed by atoms with Crippen molar-refractivity contribution in [2.75, 3.05) is 31.5 Å². The first kappa shape index (κ1) is 21.7. The number of aromatic nitrogens is 2. The average molecular weight is 454 g/mol. The number of carbonyl (C=O) groups is 2. The van der Waals surface area contributed by atoms with Gasteiger partial charge in [0.1, 0.15) is 0 Å². The summed E-state index contributed by atoms with van der Waals surface area (Å²) < 4.78 is 27.2. The van der Waals surface area contributed by atoms with Gasteiger partial charge in [0.2, 0.25) is 15.9 Å². The predicted octanol–water partition coefficient (Wildman–Crippen LogP) is 2.18. The van der Waals surface area contributed by atoms with Gasteiger partial charge in [0, 0.05) is 56.1 Å². The maximum absolute atomic E-state index is 12.9. The lowest BCUT2D eigenvalue weighted by molar-refractivity contribution is -0.129. The fourth-order valence-corrected chi connectivity index (χ4v) is 4.98. The summed E-state index contributed by atoms with van der Waals surface area (Å²) in [5.41, 5.74) is 2.67. The Hall–Kier alpha value is -3.50. The second-order valence-corrected chi connectivity index (χ2v) is 9.38. The van der Waals surface area contributed by atoms with Gasteiger partial charge >= 0.3 is 0 Å². The SMILES string of the molecule is CC(=O)N1CCN(S(=O)(=O)c2ccc(C(=O)Nc3cccc(-c4ccn[nH]4)c3)cc2)CC1. The molecule has 0 bridgehead atoms. The third-order valence-corrected chi connectivity index (χ3v) is 7.28. The number of hydrogen-bond donors (Lipinski definition) is 2. The highest BCUT2D eigenvalue weighted by atomic mass is 32.2. The monoisotopic (exact) mass is 453 g/mol. The Balaban J connectivity index is 1.44. The van der Waals surface area contributed by atoms with Crippen LogP contribution in [0.15, 0.2) is 65.7 Å². The summed E-state index contributed by atoms with van der Waals surface area (Å²) >= 11 is 0. The van der Waals surface area contributed by atoms with E-state index >= 15 is 0 Å². The number of benzene rings is 2. The van der Waals surface area contributed by atoms with E-state index in [2.05, 4.69) is 15.5 Å². The number of amides is 2. The molecule has 1 aliphatic heterocycles. The molecule has 2 N–H and O–H groups in total. The molecule has 1 aliphatic rings. The fraction of sp³-hybridized carbons (Fsp3) is 0.227. The molecule has 9 nitrogen and oxygen atoms in total. The number of aromatic amines is 1. The third kappa shape index (κ3) is 4.56. The molecule has 2 aromatic carbocycles. The maximum Gasteiger partial charge on any atom is 0.255 e. The molecule has 0 spiro atoms. The molecule has 2 amide bonds.